The molecule has 1 atom stereocenters. The normalized spacial score (nSPS) is 13.8. The lowest BCUT2D eigenvalue weighted by Gasteiger charge is -2.25. The first kappa shape index (κ1) is 17.9. The minimum absolute atomic E-state index is 0.349. The van der Waals surface area contributed by atoms with Crippen LogP contribution in [0.25, 0.3) is 0 Å². The third-order valence-electron chi connectivity index (χ3n) is 3.93. The largest absolute Gasteiger partial charge is 0.327 e. The first-order chi connectivity index (χ1) is 8.54. The van der Waals surface area contributed by atoms with Gasteiger partial charge in [-0.25, -0.2) is 0 Å². The molecule has 0 radical (unpaired) electrons. The molecule has 3 nitrogen and oxygen atoms in total. The van der Waals surface area contributed by atoms with E-state index in [1.54, 1.807) is 0 Å². The molecule has 0 saturated carbocycles. The fourth-order valence-corrected chi connectivity index (χ4v) is 2.15. The standard InChI is InChI=1S/C15H35N3/c1-6-17(7-2)11-9-12-18(8-3)13-10-15(16)14(4)5/h14-15H,6-13,16H2,1-5H3. The van der Waals surface area contributed by atoms with E-state index in [4.69, 9.17) is 5.73 Å². The molecule has 0 aliphatic carbocycles. The molecule has 0 aliphatic rings. The molecule has 0 aromatic rings. The maximum Gasteiger partial charge on any atom is 0.00740 e. The van der Waals surface area contributed by atoms with E-state index >= 15 is 0 Å². The fraction of sp³-hybridized carbons (Fsp3) is 1.00. The average molecular weight is 257 g/mol. The zero-order valence-corrected chi connectivity index (χ0v) is 13.3. The average Bonchev–Trinajstić information content (AvgIpc) is 2.37. The molecule has 0 bridgehead atoms. The summed E-state index contributed by atoms with van der Waals surface area (Å²) in [5.41, 5.74) is 6.10. The Morgan fingerprint density at radius 1 is 0.833 bits per heavy atom. The van der Waals surface area contributed by atoms with E-state index in [0.29, 0.717) is 12.0 Å². The molecule has 0 amide bonds. The van der Waals surface area contributed by atoms with Crippen LogP contribution >= 0.6 is 0 Å². The van der Waals surface area contributed by atoms with Crippen LogP contribution in [0, 0.1) is 5.92 Å². The Labute approximate surface area is 115 Å². The molecule has 0 spiro atoms. The lowest BCUT2D eigenvalue weighted by molar-refractivity contribution is 0.233. The predicted octanol–water partition coefficient (Wildman–Crippen LogP) is 2.41. The summed E-state index contributed by atoms with van der Waals surface area (Å²) in [7, 11) is 0. The summed E-state index contributed by atoms with van der Waals surface area (Å²) < 4.78 is 0. The Bertz CT molecular complexity index is 179. The van der Waals surface area contributed by atoms with E-state index in [1.807, 2.05) is 0 Å². The number of hydrogen-bond acceptors (Lipinski definition) is 3. The molecular weight excluding hydrogens is 222 g/mol. The van der Waals surface area contributed by atoms with Crippen LogP contribution in [-0.4, -0.2) is 55.1 Å². The Kier molecular flexibility index (Phi) is 10.7. The van der Waals surface area contributed by atoms with Crippen molar-refractivity contribution < 1.29 is 0 Å². The minimum Gasteiger partial charge on any atom is -0.327 e. The molecule has 18 heavy (non-hydrogen) atoms. The predicted molar refractivity (Wildman–Crippen MR) is 81.9 cm³/mol. The van der Waals surface area contributed by atoms with Crippen LogP contribution in [0.2, 0.25) is 0 Å². The molecule has 0 aromatic carbocycles. The number of nitrogens with zero attached hydrogens (tertiary/aromatic N) is 2. The van der Waals surface area contributed by atoms with Crippen molar-refractivity contribution in [2.24, 2.45) is 11.7 Å². The van der Waals surface area contributed by atoms with Gasteiger partial charge in [0, 0.05) is 6.04 Å². The zero-order valence-electron chi connectivity index (χ0n) is 13.3. The molecule has 0 aromatic heterocycles. The van der Waals surface area contributed by atoms with Crippen LogP contribution in [-0.2, 0) is 0 Å². The van der Waals surface area contributed by atoms with Gasteiger partial charge >= 0.3 is 0 Å². The van der Waals surface area contributed by atoms with Crippen molar-refractivity contribution in [3.05, 3.63) is 0 Å². The van der Waals surface area contributed by atoms with E-state index in [2.05, 4.69) is 44.4 Å². The van der Waals surface area contributed by atoms with Gasteiger partial charge < -0.3 is 15.5 Å². The Morgan fingerprint density at radius 3 is 1.78 bits per heavy atom. The molecular formula is C15H35N3. The fourth-order valence-electron chi connectivity index (χ4n) is 2.15. The highest BCUT2D eigenvalue weighted by Gasteiger charge is 2.10. The van der Waals surface area contributed by atoms with Crippen molar-refractivity contribution >= 4 is 0 Å². The molecule has 0 rings (SSSR count). The van der Waals surface area contributed by atoms with E-state index in [9.17, 15) is 0 Å². The topological polar surface area (TPSA) is 32.5 Å². The quantitative estimate of drug-likeness (QED) is 0.617. The van der Waals surface area contributed by atoms with E-state index in [1.165, 1.54) is 32.6 Å². The van der Waals surface area contributed by atoms with Gasteiger partial charge in [0.25, 0.3) is 0 Å². The highest BCUT2D eigenvalue weighted by Crippen LogP contribution is 2.05. The maximum absolute atomic E-state index is 6.10. The molecule has 0 saturated heterocycles. The Balaban J connectivity index is 3.76. The molecule has 0 aliphatic heterocycles. The number of rotatable bonds is 11. The Hall–Kier alpha value is -0.120. The van der Waals surface area contributed by atoms with E-state index in [-0.39, 0.29) is 0 Å². The third-order valence-corrected chi connectivity index (χ3v) is 3.93. The van der Waals surface area contributed by atoms with Crippen molar-refractivity contribution in [3.8, 4) is 0 Å². The molecule has 3 heteroatoms. The third kappa shape index (κ3) is 8.06. The lowest BCUT2D eigenvalue weighted by atomic mass is 10.0. The second-order valence-corrected chi connectivity index (χ2v) is 5.51. The summed E-state index contributed by atoms with van der Waals surface area (Å²) >= 11 is 0. The van der Waals surface area contributed by atoms with Crippen LogP contribution in [0.15, 0.2) is 0 Å². The first-order valence-electron chi connectivity index (χ1n) is 7.75. The molecule has 1 unspecified atom stereocenters. The van der Waals surface area contributed by atoms with E-state index < -0.39 is 0 Å². The highest BCUT2D eigenvalue weighted by molar-refractivity contribution is 4.68. The first-order valence-corrected chi connectivity index (χ1v) is 7.75. The lowest BCUT2D eigenvalue weighted by Crippen LogP contribution is -2.35. The van der Waals surface area contributed by atoms with Crippen molar-refractivity contribution in [2.75, 3.05) is 39.3 Å². The molecule has 2 N–H and O–H groups in total. The van der Waals surface area contributed by atoms with Gasteiger partial charge in [-0.05, 0) is 58.0 Å². The van der Waals surface area contributed by atoms with E-state index in [0.717, 1.165) is 19.5 Å². The monoisotopic (exact) mass is 257 g/mol. The Morgan fingerprint density at radius 2 is 1.33 bits per heavy atom. The van der Waals surface area contributed by atoms with Crippen LogP contribution in [0.1, 0.15) is 47.5 Å². The van der Waals surface area contributed by atoms with Crippen molar-refractivity contribution in [2.45, 2.75) is 53.5 Å². The second kappa shape index (κ2) is 10.8. The summed E-state index contributed by atoms with van der Waals surface area (Å²) in [4.78, 5) is 5.03. The van der Waals surface area contributed by atoms with Gasteiger partial charge in [-0.1, -0.05) is 34.6 Å². The SMILES string of the molecule is CCN(CC)CCCN(CC)CCC(N)C(C)C. The summed E-state index contributed by atoms with van der Waals surface area (Å²) in [6.45, 7) is 18.2. The molecule has 110 valence electrons. The maximum atomic E-state index is 6.10. The number of hydrogen-bond donors (Lipinski definition) is 1. The minimum atomic E-state index is 0.349. The smallest absolute Gasteiger partial charge is 0.00740 e. The number of nitrogens with two attached hydrogens (primary N) is 1. The van der Waals surface area contributed by atoms with Gasteiger partial charge in [-0.2, -0.15) is 0 Å². The van der Waals surface area contributed by atoms with Gasteiger partial charge in [-0.15, -0.1) is 0 Å². The van der Waals surface area contributed by atoms with Gasteiger partial charge in [0.2, 0.25) is 0 Å². The molecule has 0 fully saturated rings. The van der Waals surface area contributed by atoms with Gasteiger partial charge in [0.1, 0.15) is 0 Å². The van der Waals surface area contributed by atoms with Crippen molar-refractivity contribution in [3.63, 3.8) is 0 Å². The van der Waals surface area contributed by atoms with Crippen LogP contribution in [0.5, 0.6) is 0 Å². The van der Waals surface area contributed by atoms with Gasteiger partial charge in [-0.3, -0.25) is 0 Å². The highest BCUT2D eigenvalue weighted by atomic mass is 15.1. The molecule has 0 heterocycles. The summed E-state index contributed by atoms with van der Waals surface area (Å²) in [6.07, 6.45) is 2.39. The van der Waals surface area contributed by atoms with Crippen molar-refractivity contribution in [1.82, 2.24) is 9.80 Å². The van der Waals surface area contributed by atoms with Crippen LogP contribution in [0.4, 0.5) is 0 Å². The summed E-state index contributed by atoms with van der Waals surface area (Å²) in [5, 5.41) is 0. The second-order valence-electron chi connectivity index (χ2n) is 5.51. The van der Waals surface area contributed by atoms with Gasteiger partial charge in [0.05, 0.1) is 0 Å². The van der Waals surface area contributed by atoms with Crippen LogP contribution in [0.3, 0.4) is 0 Å². The van der Waals surface area contributed by atoms with Crippen LogP contribution < -0.4 is 5.73 Å². The van der Waals surface area contributed by atoms with Crippen molar-refractivity contribution in [1.29, 1.82) is 0 Å². The summed E-state index contributed by atoms with van der Waals surface area (Å²) in [6, 6.07) is 0.349. The summed E-state index contributed by atoms with van der Waals surface area (Å²) in [5.74, 6) is 0.597. The van der Waals surface area contributed by atoms with Gasteiger partial charge in [0.15, 0.2) is 0 Å². The zero-order chi connectivity index (χ0) is 14.0.